The Morgan fingerprint density at radius 1 is 0.769 bits per heavy atom. The molecule has 0 amide bonds. The predicted octanol–water partition coefficient (Wildman–Crippen LogP) is 0.761. The molecular weight excluding hydrogens is 338 g/mol. The Labute approximate surface area is 154 Å². The first-order valence-electron chi connectivity index (χ1n) is 9.44. The molecule has 9 heteroatoms. The van der Waals surface area contributed by atoms with Gasteiger partial charge in [0.1, 0.15) is 5.82 Å². The van der Waals surface area contributed by atoms with E-state index in [9.17, 15) is 0 Å². The molecule has 1 heterocycles. The van der Waals surface area contributed by atoms with Gasteiger partial charge < -0.3 is 30.3 Å². The lowest BCUT2D eigenvalue weighted by atomic mass is 9.89. The molecular formula is C17H31N5O4. The number of hydrogen-bond acceptors (Lipinski definition) is 9. The third-order valence-corrected chi connectivity index (χ3v) is 4.15. The van der Waals surface area contributed by atoms with Crippen molar-refractivity contribution in [2.75, 3.05) is 63.4 Å². The van der Waals surface area contributed by atoms with Gasteiger partial charge in [-0.3, -0.25) is 0 Å². The molecule has 9 nitrogen and oxygen atoms in total. The van der Waals surface area contributed by atoms with Gasteiger partial charge in [0, 0.05) is 19.0 Å². The van der Waals surface area contributed by atoms with E-state index in [4.69, 9.17) is 19.7 Å². The van der Waals surface area contributed by atoms with E-state index in [-0.39, 0.29) is 13.2 Å². The average Bonchev–Trinajstić information content (AvgIpc) is 2.68. The average molecular weight is 369 g/mol. The topological polar surface area (TPSA) is 122 Å². The van der Waals surface area contributed by atoms with Gasteiger partial charge in [0.05, 0.1) is 39.6 Å². The van der Waals surface area contributed by atoms with E-state index in [2.05, 4.69) is 25.6 Å². The molecule has 0 unspecified atom stereocenters. The Hall–Kier alpha value is -1.55. The zero-order valence-corrected chi connectivity index (χ0v) is 15.3. The number of hydrogen-bond donors (Lipinski definition) is 4. The largest absolute Gasteiger partial charge is 0.394 e. The summed E-state index contributed by atoms with van der Waals surface area (Å²) in [6.45, 7) is 2.76. The second-order valence-electron chi connectivity index (χ2n) is 6.20. The van der Waals surface area contributed by atoms with Gasteiger partial charge >= 0.3 is 0 Å². The van der Waals surface area contributed by atoms with Crippen LogP contribution in [0.15, 0.2) is 0 Å². The van der Waals surface area contributed by atoms with E-state index in [0.29, 0.717) is 57.3 Å². The second kappa shape index (κ2) is 12.7. The smallest absolute Gasteiger partial charge is 0.227 e. The molecule has 4 N–H and O–H groups in total. The molecule has 1 aromatic heterocycles. The fourth-order valence-corrected chi connectivity index (χ4v) is 2.90. The van der Waals surface area contributed by atoms with Crippen molar-refractivity contribution in [3.8, 4) is 0 Å². The number of nitrogens with one attached hydrogen (secondary N) is 2. The summed E-state index contributed by atoms with van der Waals surface area (Å²) in [5.41, 5.74) is 0. The molecule has 0 saturated heterocycles. The van der Waals surface area contributed by atoms with Crippen LogP contribution in [0.5, 0.6) is 0 Å². The number of aromatic nitrogens is 3. The molecule has 1 aromatic rings. The third-order valence-electron chi connectivity index (χ3n) is 4.15. The summed E-state index contributed by atoms with van der Waals surface area (Å²) >= 11 is 0. The van der Waals surface area contributed by atoms with Crippen LogP contribution >= 0.6 is 0 Å². The van der Waals surface area contributed by atoms with Gasteiger partial charge in [0.2, 0.25) is 11.9 Å². The number of rotatable bonds is 13. The predicted molar refractivity (Wildman–Crippen MR) is 98.4 cm³/mol. The molecule has 2 rings (SSSR count). The first-order valence-corrected chi connectivity index (χ1v) is 9.44. The maximum absolute atomic E-state index is 8.73. The van der Waals surface area contributed by atoms with Crippen LogP contribution in [-0.4, -0.2) is 77.9 Å². The number of aliphatic hydroxyl groups is 2. The molecule has 1 aliphatic rings. The minimum atomic E-state index is 0.0179. The number of ether oxygens (including phenoxy) is 2. The van der Waals surface area contributed by atoms with Gasteiger partial charge in [-0.2, -0.15) is 15.0 Å². The van der Waals surface area contributed by atoms with Gasteiger partial charge in [-0.25, -0.2) is 0 Å². The molecule has 1 saturated carbocycles. The molecule has 0 aliphatic heterocycles. The Morgan fingerprint density at radius 3 is 1.81 bits per heavy atom. The summed E-state index contributed by atoms with van der Waals surface area (Å²) in [7, 11) is 0. The van der Waals surface area contributed by atoms with E-state index in [0.717, 1.165) is 18.7 Å². The Morgan fingerprint density at radius 2 is 1.31 bits per heavy atom. The van der Waals surface area contributed by atoms with E-state index < -0.39 is 0 Å². The van der Waals surface area contributed by atoms with Crippen LogP contribution in [0.1, 0.15) is 43.8 Å². The monoisotopic (exact) mass is 369 g/mol. The Kier molecular flexibility index (Phi) is 10.2. The van der Waals surface area contributed by atoms with E-state index >= 15 is 0 Å². The SMILES string of the molecule is OCCOCCNc1nc(NCCOCCO)nc(C2CCCCC2)n1. The van der Waals surface area contributed by atoms with Gasteiger partial charge in [0.25, 0.3) is 0 Å². The van der Waals surface area contributed by atoms with Crippen LogP contribution < -0.4 is 10.6 Å². The summed E-state index contributed by atoms with van der Waals surface area (Å²) in [6, 6.07) is 0. The first kappa shape index (κ1) is 20.8. The van der Waals surface area contributed by atoms with E-state index in [1.165, 1.54) is 19.3 Å². The zero-order chi connectivity index (χ0) is 18.5. The highest BCUT2D eigenvalue weighted by atomic mass is 16.5. The van der Waals surface area contributed by atoms with Gasteiger partial charge in [-0.05, 0) is 12.8 Å². The fourth-order valence-electron chi connectivity index (χ4n) is 2.90. The molecule has 0 bridgehead atoms. The minimum absolute atomic E-state index is 0.0179. The zero-order valence-electron chi connectivity index (χ0n) is 15.3. The standard InChI is InChI=1S/C17H31N5O4/c23-8-12-25-10-6-18-16-20-15(14-4-2-1-3-5-14)21-17(22-16)19-7-11-26-13-9-24/h14,23-24H,1-13H2,(H2,18,19,20,21,22). The number of nitrogens with zero attached hydrogens (tertiary/aromatic N) is 3. The third kappa shape index (κ3) is 7.77. The van der Waals surface area contributed by atoms with Crippen LogP contribution in [0.4, 0.5) is 11.9 Å². The number of aliphatic hydroxyl groups excluding tert-OH is 2. The highest BCUT2D eigenvalue weighted by Crippen LogP contribution is 2.31. The molecule has 0 aromatic carbocycles. The minimum Gasteiger partial charge on any atom is -0.394 e. The number of anilines is 2. The van der Waals surface area contributed by atoms with Gasteiger partial charge in [0.15, 0.2) is 0 Å². The summed E-state index contributed by atoms with van der Waals surface area (Å²) in [6.07, 6.45) is 5.93. The lowest BCUT2D eigenvalue weighted by Gasteiger charge is -2.21. The quantitative estimate of drug-likeness (QED) is 0.373. The molecule has 0 atom stereocenters. The normalized spacial score (nSPS) is 15.2. The summed E-state index contributed by atoms with van der Waals surface area (Å²) < 4.78 is 10.5. The molecule has 0 radical (unpaired) electrons. The van der Waals surface area contributed by atoms with Crippen molar-refractivity contribution < 1.29 is 19.7 Å². The fraction of sp³-hybridized carbons (Fsp3) is 0.824. The first-order chi connectivity index (χ1) is 12.8. The maximum atomic E-state index is 8.73. The molecule has 1 fully saturated rings. The maximum Gasteiger partial charge on any atom is 0.227 e. The summed E-state index contributed by atoms with van der Waals surface area (Å²) in [5, 5.41) is 23.8. The van der Waals surface area contributed by atoms with Crippen molar-refractivity contribution in [2.45, 2.75) is 38.0 Å². The van der Waals surface area contributed by atoms with Crippen LogP contribution in [0, 0.1) is 0 Å². The van der Waals surface area contributed by atoms with Crippen LogP contribution in [0.2, 0.25) is 0 Å². The Bertz CT molecular complexity index is 468. The van der Waals surface area contributed by atoms with Crippen LogP contribution in [0.25, 0.3) is 0 Å². The van der Waals surface area contributed by atoms with Crippen molar-refractivity contribution in [3.05, 3.63) is 5.82 Å². The van der Waals surface area contributed by atoms with E-state index in [1.54, 1.807) is 0 Å². The lowest BCUT2D eigenvalue weighted by Crippen LogP contribution is -2.19. The van der Waals surface area contributed by atoms with Crippen LogP contribution in [0.3, 0.4) is 0 Å². The van der Waals surface area contributed by atoms with Crippen molar-refractivity contribution in [1.82, 2.24) is 15.0 Å². The lowest BCUT2D eigenvalue weighted by molar-refractivity contribution is 0.0990. The highest BCUT2D eigenvalue weighted by Gasteiger charge is 2.20. The second-order valence-corrected chi connectivity index (χ2v) is 6.20. The van der Waals surface area contributed by atoms with Crippen molar-refractivity contribution in [3.63, 3.8) is 0 Å². The van der Waals surface area contributed by atoms with Crippen molar-refractivity contribution in [2.24, 2.45) is 0 Å². The van der Waals surface area contributed by atoms with Gasteiger partial charge in [-0.15, -0.1) is 0 Å². The summed E-state index contributed by atoms with van der Waals surface area (Å²) in [5.74, 6) is 2.28. The summed E-state index contributed by atoms with van der Waals surface area (Å²) in [4.78, 5) is 13.6. The molecule has 0 spiro atoms. The Balaban J connectivity index is 1.93. The molecule has 148 valence electrons. The van der Waals surface area contributed by atoms with Crippen molar-refractivity contribution >= 4 is 11.9 Å². The van der Waals surface area contributed by atoms with E-state index in [1.807, 2.05) is 0 Å². The highest BCUT2D eigenvalue weighted by molar-refractivity contribution is 5.35. The van der Waals surface area contributed by atoms with Gasteiger partial charge in [-0.1, -0.05) is 19.3 Å². The molecule has 26 heavy (non-hydrogen) atoms. The van der Waals surface area contributed by atoms with Crippen molar-refractivity contribution in [1.29, 1.82) is 0 Å². The van der Waals surface area contributed by atoms with Crippen LogP contribution in [-0.2, 0) is 9.47 Å². The molecule has 1 aliphatic carbocycles.